The molecule has 18 heavy (non-hydrogen) atoms. The van der Waals surface area contributed by atoms with Gasteiger partial charge in [-0.05, 0) is 17.7 Å². The smallest absolute Gasteiger partial charge is 0.124 e. The van der Waals surface area contributed by atoms with E-state index in [0.717, 1.165) is 31.7 Å². The largest absolute Gasteiger partial charge is 0.394 e. The van der Waals surface area contributed by atoms with Gasteiger partial charge in [-0.3, -0.25) is 4.90 Å². The lowest BCUT2D eigenvalue weighted by Gasteiger charge is -2.34. The van der Waals surface area contributed by atoms with Crippen molar-refractivity contribution in [3.8, 4) is 0 Å². The van der Waals surface area contributed by atoms with Gasteiger partial charge in [0.15, 0.2) is 0 Å². The highest BCUT2D eigenvalue weighted by molar-refractivity contribution is 6.31. The molecule has 1 heterocycles. The van der Waals surface area contributed by atoms with Gasteiger partial charge < -0.3 is 10.4 Å². The number of halogens is 3. The van der Waals surface area contributed by atoms with Gasteiger partial charge in [0.1, 0.15) is 5.82 Å². The molecule has 0 spiro atoms. The summed E-state index contributed by atoms with van der Waals surface area (Å²) in [6.45, 7) is 3.51. The number of aliphatic hydroxyl groups excluding tert-OH is 1. The molecule has 0 radical (unpaired) electrons. The summed E-state index contributed by atoms with van der Waals surface area (Å²) in [6, 6.07) is 4.18. The molecule has 1 aromatic carbocycles. The van der Waals surface area contributed by atoms with E-state index in [0.29, 0.717) is 5.02 Å². The monoisotopic (exact) mass is 294 g/mol. The van der Waals surface area contributed by atoms with Crippen molar-refractivity contribution >= 4 is 24.0 Å². The number of piperazine rings is 1. The minimum atomic E-state index is -0.351. The Hall–Kier alpha value is -0.390. The quantitative estimate of drug-likeness (QED) is 0.893. The fourth-order valence-corrected chi connectivity index (χ4v) is 2.47. The summed E-state index contributed by atoms with van der Waals surface area (Å²) in [5, 5.41) is 13.1. The lowest BCUT2D eigenvalue weighted by molar-refractivity contribution is 0.111. The predicted octanol–water partition coefficient (Wildman–Crippen LogP) is 1.84. The Kier molecular flexibility index (Phi) is 6.32. The van der Waals surface area contributed by atoms with Crippen LogP contribution in [0.5, 0.6) is 0 Å². The molecule has 0 amide bonds. The molecule has 1 aromatic rings. The fraction of sp³-hybridized carbons (Fsp3) is 0.500. The molecule has 1 fully saturated rings. The van der Waals surface area contributed by atoms with Crippen LogP contribution in [0, 0.1) is 5.82 Å². The second-order valence-corrected chi connectivity index (χ2v) is 4.56. The van der Waals surface area contributed by atoms with Gasteiger partial charge >= 0.3 is 0 Å². The van der Waals surface area contributed by atoms with Crippen molar-refractivity contribution in [1.29, 1.82) is 0 Å². The number of rotatable bonds is 3. The molecule has 6 heteroatoms. The first-order valence-corrected chi connectivity index (χ1v) is 6.10. The van der Waals surface area contributed by atoms with Gasteiger partial charge in [-0.15, -0.1) is 12.4 Å². The Morgan fingerprint density at radius 3 is 2.61 bits per heavy atom. The first-order valence-electron chi connectivity index (χ1n) is 5.73. The standard InChI is InChI=1S/C12H16ClFN2O.ClH/c13-11-7-9(14)1-2-10(11)12(8-17)16-5-3-15-4-6-16;/h1-2,7,12,15,17H,3-6,8H2;1H/t12-;/m0./s1. The number of benzene rings is 1. The maximum Gasteiger partial charge on any atom is 0.124 e. The normalized spacial score (nSPS) is 18.2. The Balaban J connectivity index is 0.00000162. The van der Waals surface area contributed by atoms with E-state index in [2.05, 4.69) is 10.2 Å². The van der Waals surface area contributed by atoms with Crippen LogP contribution in [0.15, 0.2) is 18.2 Å². The predicted molar refractivity (Wildman–Crippen MR) is 72.9 cm³/mol. The Labute approximate surface area is 117 Å². The van der Waals surface area contributed by atoms with E-state index in [9.17, 15) is 9.50 Å². The number of hydrogen-bond donors (Lipinski definition) is 2. The molecule has 0 aliphatic carbocycles. The lowest BCUT2D eigenvalue weighted by Crippen LogP contribution is -2.46. The molecule has 1 aliphatic rings. The molecule has 3 nitrogen and oxygen atoms in total. The van der Waals surface area contributed by atoms with Crippen LogP contribution in [0.1, 0.15) is 11.6 Å². The summed E-state index contributed by atoms with van der Waals surface area (Å²) in [7, 11) is 0. The van der Waals surface area contributed by atoms with Crippen molar-refractivity contribution in [2.24, 2.45) is 0 Å². The van der Waals surface area contributed by atoms with Gasteiger partial charge in [-0.2, -0.15) is 0 Å². The van der Waals surface area contributed by atoms with Crippen LogP contribution in [-0.4, -0.2) is 42.8 Å². The van der Waals surface area contributed by atoms with Crippen LogP contribution in [0.25, 0.3) is 0 Å². The average molecular weight is 295 g/mol. The summed E-state index contributed by atoms with van der Waals surface area (Å²) in [4.78, 5) is 2.16. The minimum absolute atomic E-state index is 0. The van der Waals surface area contributed by atoms with E-state index in [1.165, 1.54) is 12.1 Å². The van der Waals surface area contributed by atoms with Crippen LogP contribution >= 0.6 is 24.0 Å². The molecule has 2 rings (SSSR count). The first-order chi connectivity index (χ1) is 8.22. The molecule has 0 bridgehead atoms. The zero-order valence-electron chi connectivity index (χ0n) is 9.90. The number of aliphatic hydroxyl groups is 1. The van der Waals surface area contributed by atoms with Crippen molar-refractivity contribution in [2.45, 2.75) is 6.04 Å². The van der Waals surface area contributed by atoms with E-state index in [-0.39, 0.29) is 30.9 Å². The fourth-order valence-electron chi connectivity index (χ4n) is 2.18. The molecular formula is C12H17Cl2FN2O. The first kappa shape index (κ1) is 15.7. The van der Waals surface area contributed by atoms with Gasteiger partial charge in [-0.1, -0.05) is 17.7 Å². The SMILES string of the molecule is Cl.OC[C@@H](c1ccc(F)cc1Cl)N1CCNCC1. The molecule has 102 valence electrons. The molecular weight excluding hydrogens is 278 g/mol. The summed E-state index contributed by atoms with van der Waals surface area (Å²) < 4.78 is 13.0. The third kappa shape index (κ3) is 3.56. The highest BCUT2D eigenvalue weighted by Gasteiger charge is 2.23. The maximum atomic E-state index is 13.0. The molecule has 0 unspecified atom stereocenters. The van der Waals surface area contributed by atoms with Gasteiger partial charge in [-0.25, -0.2) is 4.39 Å². The van der Waals surface area contributed by atoms with Gasteiger partial charge in [0.2, 0.25) is 0 Å². The van der Waals surface area contributed by atoms with Crippen LogP contribution < -0.4 is 5.32 Å². The Morgan fingerprint density at radius 2 is 2.06 bits per heavy atom. The average Bonchev–Trinajstić information content (AvgIpc) is 2.34. The van der Waals surface area contributed by atoms with E-state index in [4.69, 9.17) is 11.6 Å². The second-order valence-electron chi connectivity index (χ2n) is 4.15. The zero-order chi connectivity index (χ0) is 12.3. The second kappa shape index (κ2) is 7.26. The molecule has 1 saturated heterocycles. The number of nitrogens with one attached hydrogen (secondary N) is 1. The zero-order valence-corrected chi connectivity index (χ0v) is 11.5. The van der Waals surface area contributed by atoms with Crippen molar-refractivity contribution in [3.05, 3.63) is 34.6 Å². The molecule has 0 saturated carbocycles. The van der Waals surface area contributed by atoms with E-state index < -0.39 is 0 Å². The highest BCUT2D eigenvalue weighted by Crippen LogP contribution is 2.28. The summed E-state index contributed by atoms with van der Waals surface area (Å²) >= 11 is 6.03. The van der Waals surface area contributed by atoms with Gasteiger partial charge in [0.05, 0.1) is 12.6 Å². The van der Waals surface area contributed by atoms with Crippen molar-refractivity contribution in [3.63, 3.8) is 0 Å². The highest BCUT2D eigenvalue weighted by atomic mass is 35.5. The Morgan fingerprint density at radius 1 is 1.39 bits per heavy atom. The van der Waals surface area contributed by atoms with E-state index in [1.54, 1.807) is 6.07 Å². The van der Waals surface area contributed by atoms with Gasteiger partial charge in [0.25, 0.3) is 0 Å². The summed E-state index contributed by atoms with van der Waals surface area (Å²) in [5.74, 6) is -0.351. The van der Waals surface area contributed by atoms with Crippen molar-refractivity contribution < 1.29 is 9.50 Å². The van der Waals surface area contributed by atoms with Crippen LogP contribution in [0.3, 0.4) is 0 Å². The van der Waals surface area contributed by atoms with Gasteiger partial charge in [0, 0.05) is 31.2 Å². The van der Waals surface area contributed by atoms with Crippen LogP contribution in [0.4, 0.5) is 4.39 Å². The molecule has 1 atom stereocenters. The topological polar surface area (TPSA) is 35.5 Å². The third-order valence-electron chi connectivity index (χ3n) is 3.09. The Bertz CT molecular complexity index is 386. The van der Waals surface area contributed by atoms with E-state index >= 15 is 0 Å². The number of hydrogen-bond acceptors (Lipinski definition) is 3. The van der Waals surface area contributed by atoms with Crippen molar-refractivity contribution in [2.75, 3.05) is 32.8 Å². The summed E-state index contributed by atoms with van der Waals surface area (Å²) in [5.41, 5.74) is 0.789. The number of nitrogens with zero attached hydrogens (tertiary/aromatic N) is 1. The molecule has 1 aliphatic heterocycles. The molecule has 2 N–H and O–H groups in total. The van der Waals surface area contributed by atoms with Crippen LogP contribution in [-0.2, 0) is 0 Å². The summed E-state index contributed by atoms with van der Waals surface area (Å²) in [6.07, 6.45) is 0. The molecule has 0 aromatic heterocycles. The van der Waals surface area contributed by atoms with Crippen molar-refractivity contribution in [1.82, 2.24) is 10.2 Å². The van der Waals surface area contributed by atoms with Crippen LogP contribution in [0.2, 0.25) is 5.02 Å². The third-order valence-corrected chi connectivity index (χ3v) is 3.41. The van der Waals surface area contributed by atoms with E-state index in [1.807, 2.05) is 0 Å². The lowest BCUT2D eigenvalue weighted by atomic mass is 10.0. The maximum absolute atomic E-state index is 13.0. The minimum Gasteiger partial charge on any atom is -0.394 e.